The number of hydrogen-bond donors (Lipinski definition) is 6. The average Bonchev–Trinajstić information content (AvgIpc) is 3.05. The minimum absolute atomic E-state index is 0.0393. The summed E-state index contributed by atoms with van der Waals surface area (Å²) in [6, 6.07) is 0. The maximum atomic E-state index is 13.2. The first-order chi connectivity index (χ1) is 23.2. The van der Waals surface area contributed by atoms with Crippen LogP contribution in [-0.4, -0.2) is 55.3 Å². The molecular formula is C40H76N2O6S2. The molecule has 0 aliphatic rings. The molecule has 0 fully saturated rings. The summed E-state index contributed by atoms with van der Waals surface area (Å²) in [5.41, 5.74) is 8.92. The predicted molar refractivity (Wildman–Crippen MR) is 214 cm³/mol. The number of nitrogens with two attached hydrogens (primary N) is 2. The number of thiol groups is 2. The van der Waals surface area contributed by atoms with Crippen molar-refractivity contribution in [1.29, 1.82) is 0 Å². The van der Waals surface area contributed by atoms with Gasteiger partial charge in [0.05, 0.1) is 10.5 Å². The number of aliphatic carboxylic acids is 2. The molecule has 8 nitrogen and oxygen atoms in total. The Morgan fingerprint density at radius 1 is 0.500 bits per heavy atom. The van der Waals surface area contributed by atoms with Crippen LogP contribution < -0.4 is 11.5 Å². The third kappa shape index (κ3) is 18.1. The summed E-state index contributed by atoms with van der Waals surface area (Å²) in [6.07, 6.45) is 14.8. The zero-order valence-electron chi connectivity index (χ0n) is 32.9. The topological polar surface area (TPSA) is 161 Å². The van der Waals surface area contributed by atoms with E-state index in [1.165, 1.54) is 51.4 Å². The molecular weight excluding hydrogens is 669 g/mol. The van der Waals surface area contributed by atoms with E-state index in [0.29, 0.717) is 11.8 Å². The fourth-order valence-corrected chi connectivity index (χ4v) is 7.73. The van der Waals surface area contributed by atoms with Crippen LogP contribution in [0.5, 0.6) is 0 Å². The van der Waals surface area contributed by atoms with E-state index in [4.69, 9.17) is 11.5 Å². The van der Waals surface area contributed by atoms with E-state index in [-0.39, 0.29) is 37.5 Å². The first-order valence-corrected chi connectivity index (χ1v) is 20.7. The maximum absolute atomic E-state index is 13.2. The molecule has 0 spiro atoms. The smallest absolute Gasteiger partial charge is 0.325 e. The van der Waals surface area contributed by atoms with E-state index in [1.54, 1.807) is 0 Å². The highest BCUT2D eigenvalue weighted by molar-refractivity contribution is 7.82. The summed E-state index contributed by atoms with van der Waals surface area (Å²) in [4.78, 5) is 51.1. The fourth-order valence-electron chi connectivity index (χ4n) is 7.04. The molecule has 0 amide bonds. The number of Topliss-reactive ketones (excluding diaryl/α,β-unsaturated/α-hetero) is 2. The number of hydrogen-bond acceptors (Lipinski definition) is 8. The molecule has 10 atom stereocenters. The SMILES string of the molecule is CCC(C)CCCC(C)CCCC(C)CC(N)(C(=O)O)C(S)C(=O)CCC(=O)C(S)C(N)(CC(C)CCCC(C)CCCC(C)CC)C(=O)O. The van der Waals surface area contributed by atoms with Crippen LogP contribution in [-0.2, 0) is 19.2 Å². The lowest BCUT2D eigenvalue weighted by atomic mass is 9.80. The Kier molecular flexibility index (Phi) is 24.5. The van der Waals surface area contributed by atoms with Gasteiger partial charge < -0.3 is 21.7 Å². The van der Waals surface area contributed by atoms with Gasteiger partial charge in [0.25, 0.3) is 0 Å². The standard InChI is InChI=1S/C40H76N2O6S2/c1-9-27(3)15-11-17-29(5)19-13-21-31(7)25-39(41,37(45)46)35(49)33(43)23-24-34(44)36(50)40(42,38(47)48)26-32(8)22-14-20-30(6)18-12-16-28(4)10-2/h27-32,35-36,49-50H,9-26,41-42H2,1-8H3,(H,45,46)(H,47,48). The third-order valence-electron chi connectivity index (χ3n) is 11.3. The fraction of sp³-hybridized carbons (Fsp3) is 0.900. The normalized spacial score (nSPS) is 19.2. The second-order valence-corrected chi connectivity index (χ2v) is 17.5. The van der Waals surface area contributed by atoms with E-state index in [9.17, 15) is 29.4 Å². The van der Waals surface area contributed by atoms with Crippen LogP contribution in [0.1, 0.15) is 171 Å². The van der Waals surface area contributed by atoms with Crippen LogP contribution >= 0.6 is 25.3 Å². The Labute approximate surface area is 316 Å². The molecule has 0 aromatic carbocycles. The van der Waals surface area contributed by atoms with Gasteiger partial charge in [-0.15, -0.1) is 0 Å². The highest BCUT2D eigenvalue weighted by Crippen LogP contribution is 2.31. The minimum Gasteiger partial charge on any atom is -0.480 e. The molecule has 0 radical (unpaired) electrons. The summed E-state index contributed by atoms with van der Waals surface area (Å²) in [5.74, 6) is -1.14. The number of carboxylic acids is 2. The lowest BCUT2D eigenvalue weighted by Gasteiger charge is -2.33. The molecule has 6 N–H and O–H groups in total. The van der Waals surface area contributed by atoms with Crippen molar-refractivity contribution in [1.82, 2.24) is 0 Å². The van der Waals surface area contributed by atoms with Gasteiger partial charge in [-0.1, -0.05) is 145 Å². The Balaban J connectivity index is 5.05. The first-order valence-electron chi connectivity index (χ1n) is 19.7. The number of carbonyl (C=O) groups excluding carboxylic acids is 2. The minimum atomic E-state index is -1.90. The van der Waals surface area contributed by atoms with Gasteiger partial charge in [-0.2, -0.15) is 25.3 Å². The van der Waals surface area contributed by atoms with Gasteiger partial charge in [0, 0.05) is 12.8 Å². The Hall–Kier alpha value is -1.10. The van der Waals surface area contributed by atoms with E-state index >= 15 is 0 Å². The average molecular weight is 745 g/mol. The van der Waals surface area contributed by atoms with Gasteiger partial charge in [0.15, 0.2) is 0 Å². The summed E-state index contributed by atoms with van der Waals surface area (Å²) in [7, 11) is 0. The third-order valence-corrected chi connectivity index (χ3v) is 12.8. The van der Waals surface area contributed by atoms with Crippen molar-refractivity contribution in [3.05, 3.63) is 0 Å². The molecule has 0 aromatic rings. The number of rotatable bonds is 31. The van der Waals surface area contributed by atoms with Gasteiger partial charge in [-0.25, -0.2) is 0 Å². The molecule has 0 heterocycles. The molecule has 294 valence electrons. The maximum Gasteiger partial charge on any atom is 0.325 e. The molecule has 0 aliphatic heterocycles. The van der Waals surface area contributed by atoms with Crippen molar-refractivity contribution in [2.45, 2.75) is 193 Å². The largest absolute Gasteiger partial charge is 0.480 e. The molecule has 0 aromatic heterocycles. The summed E-state index contributed by atoms with van der Waals surface area (Å²) >= 11 is 8.74. The summed E-state index contributed by atoms with van der Waals surface area (Å²) in [6.45, 7) is 17.4. The number of carboxylic acid groups (broad SMARTS) is 2. The second-order valence-electron chi connectivity index (χ2n) is 16.5. The van der Waals surface area contributed by atoms with Gasteiger partial charge in [-0.05, 0) is 48.3 Å². The Bertz CT molecular complexity index is 936. The number of ketones is 2. The Morgan fingerprint density at radius 2 is 0.740 bits per heavy atom. The van der Waals surface area contributed by atoms with Crippen LogP contribution in [0.3, 0.4) is 0 Å². The second kappa shape index (κ2) is 25.0. The van der Waals surface area contributed by atoms with Crippen molar-refractivity contribution in [3.63, 3.8) is 0 Å². The number of carbonyl (C=O) groups is 4. The molecule has 0 saturated carbocycles. The lowest BCUT2D eigenvalue weighted by Crippen LogP contribution is -2.59. The molecule has 0 rings (SSSR count). The first kappa shape index (κ1) is 48.9. The zero-order valence-corrected chi connectivity index (χ0v) is 34.7. The van der Waals surface area contributed by atoms with Gasteiger partial charge in [0.2, 0.25) is 0 Å². The highest BCUT2D eigenvalue weighted by atomic mass is 32.1. The Morgan fingerprint density at radius 3 is 0.980 bits per heavy atom. The van der Waals surface area contributed by atoms with E-state index in [1.807, 2.05) is 13.8 Å². The van der Waals surface area contributed by atoms with Crippen molar-refractivity contribution in [2.75, 3.05) is 0 Å². The van der Waals surface area contributed by atoms with Gasteiger partial charge in [-0.3, -0.25) is 19.2 Å². The summed E-state index contributed by atoms with van der Waals surface area (Å²) < 4.78 is 0. The van der Waals surface area contributed by atoms with Gasteiger partial charge >= 0.3 is 11.9 Å². The van der Waals surface area contributed by atoms with Crippen molar-refractivity contribution >= 4 is 48.8 Å². The van der Waals surface area contributed by atoms with Crippen molar-refractivity contribution < 1.29 is 29.4 Å². The molecule has 10 heteroatoms. The summed E-state index contributed by atoms with van der Waals surface area (Å²) in [5, 5.41) is 17.5. The van der Waals surface area contributed by atoms with Crippen molar-refractivity contribution in [3.8, 4) is 0 Å². The van der Waals surface area contributed by atoms with Crippen molar-refractivity contribution in [2.24, 2.45) is 47.0 Å². The quantitative estimate of drug-likeness (QED) is 0.0383. The lowest BCUT2D eigenvalue weighted by molar-refractivity contribution is -0.146. The molecule has 50 heavy (non-hydrogen) atoms. The van der Waals surface area contributed by atoms with E-state index in [0.717, 1.165) is 50.4 Å². The van der Waals surface area contributed by atoms with E-state index in [2.05, 4.69) is 66.8 Å². The predicted octanol–water partition coefficient (Wildman–Crippen LogP) is 9.16. The van der Waals surface area contributed by atoms with Crippen LogP contribution in [0.25, 0.3) is 0 Å². The van der Waals surface area contributed by atoms with Gasteiger partial charge in [0.1, 0.15) is 22.6 Å². The van der Waals surface area contributed by atoms with Crippen LogP contribution in [0.2, 0.25) is 0 Å². The highest BCUT2D eigenvalue weighted by Gasteiger charge is 2.47. The molecule has 0 aliphatic carbocycles. The van der Waals surface area contributed by atoms with E-state index < -0.39 is 45.1 Å². The van der Waals surface area contributed by atoms with Crippen LogP contribution in [0.4, 0.5) is 0 Å². The molecule has 0 bridgehead atoms. The monoisotopic (exact) mass is 745 g/mol. The molecule has 10 unspecified atom stereocenters. The molecule has 0 saturated heterocycles. The zero-order chi connectivity index (χ0) is 38.7. The van der Waals surface area contributed by atoms with Crippen LogP contribution in [0.15, 0.2) is 0 Å². The van der Waals surface area contributed by atoms with Crippen LogP contribution in [0, 0.1) is 35.5 Å².